The maximum absolute atomic E-state index is 12.4. The number of carbonyl (C=O) groups is 1. The van der Waals surface area contributed by atoms with Gasteiger partial charge < -0.3 is 4.90 Å². The summed E-state index contributed by atoms with van der Waals surface area (Å²) < 4.78 is 27.4. The predicted molar refractivity (Wildman–Crippen MR) is 108 cm³/mol. The first-order valence-corrected chi connectivity index (χ1v) is 11.1. The molecule has 1 aromatic rings. The van der Waals surface area contributed by atoms with E-state index in [1.807, 2.05) is 17.0 Å². The van der Waals surface area contributed by atoms with Gasteiger partial charge in [0.1, 0.15) is 0 Å². The molecule has 0 aliphatic carbocycles. The molecule has 1 saturated heterocycles. The molecule has 0 spiro atoms. The number of nitrogens with one attached hydrogen (secondary N) is 1. The number of nitrogens with zero attached hydrogens (tertiary/aromatic N) is 2. The summed E-state index contributed by atoms with van der Waals surface area (Å²) in [6.07, 6.45) is 0.182. The van der Waals surface area contributed by atoms with E-state index in [4.69, 9.17) is 0 Å². The molecule has 0 bridgehead atoms. The topological polar surface area (TPSA) is 69.7 Å². The SMILES string of the molecule is CC(C)N1CCN(C(=O)CCNS(=O)(=O)c2ccc(C(C)(C)C)cc2)CC1. The summed E-state index contributed by atoms with van der Waals surface area (Å²) in [5.41, 5.74) is 1.05. The molecule has 1 amide bonds. The maximum Gasteiger partial charge on any atom is 0.240 e. The van der Waals surface area contributed by atoms with E-state index in [-0.39, 0.29) is 29.2 Å². The molecule has 27 heavy (non-hydrogen) atoms. The molecule has 2 rings (SSSR count). The number of carbonyl (C=O) groups excluding carboxylic acids is 1. The van der Waals surface area contributed by atoms with E-state index in [1.54, 1.807) is 12.1 Å². The molecule has 1 heterocycles. The molecular formula is C20H33N3O3S. The standard InChI is InChI=1S/C20H33N3O3S/c1-16(2)22-12-14-23(15-13-22)19(24)10-11-21-27(25,26)18-8-6-17(7-9-18)20(3,4)5/h6-9,16,21H,10-15H2,1-5H3. The minimum Gasteiger partial charge on any atom is -0.340 e. The highest BCUT2D eigenvalue weighted by Crippen LogP contribution is 2.23. The van der Waals surface area contributed by atoms with Crippen molar-refractivity contribution in [3.63, 3.8) is 0 Å². The van der Waals surface area contributed by atoms with E-state index in [2.05, 4.69) is 44.2 Å². The zero-order valence-electron chi connectivity index (χ0n) is 17.2. The largest absolute Gasteiger partial charge is 0.340 e. The molecule has 1 aliphatic rings. The zero-order valence-corrected chi connectivity index (χ0v) is 18.0. The number of hydrogen-bond acceptors (Lipinski definition) is 4. The third-order valence-electron chi connectivity index (χ3n) is 5.06. The first-order chi connectivity index (χ1) is 12.5. The quantitative estimate of drug-likeness (QED) is 0.802. The lowest BCUT2D eigenvalue weighted by Gasteiger charge is -2.37. The average Bonchev–Trinajstić information content (AvgIpc) is 2.61. The second kappa shape index (κ2) is 8.71. The minimum absolute atomic E-state index is 0.00388. The van der Waals surface area contributed by atoms with Crippen LogP contribution in [0.4, 0.5) is 0 Å². The van der Waals surface area contributed by atoms with Crippen molar-refractivity contribution in [3.05, 3.63) is 29.8 Å². The molecule has 1 aliphatic heterocycles. The van der Waals surface area contributed by atoms with E-state index in [9.17, 15) is 13.2 Å². The van der Waals surface area contributed by atoms with Gasteiger partial charge in [0.2, 0.25) is 15.9 Å². The summed E-state index contributed by atoms with van der Waals surface area (Å²) in [4.78, 5) is 16.7. The summed E-state index contributed by atoms with van der Waals surface area (Å²) in [6.45, 7) is 13.8. The Morgan fingerprint density at radius 2 is 1.63 bits per heavy atom. The number of amides is 1. The Morgan fingerprint density at radius 1 is 1.07 bits per heavy atom. The van der Waals surface area contributed by atoms with Crippen molar-refractivity contribution in [2.75, 3.05) is 32.7 Å². The highest BCUT2D eigenvalue weighted by Gasteiger charge is 2.23. The van der Waals surface area contributed by atoms with Gasteiger partial charge in [0, 0.05) is 45.2 Å². The van der Waals surface area contributed by atoms with E-state index >= 15 is 0 Å². The first kappa shape index (κ1) is 21.9. The smallest absolute Gasteiger partial charge is 0.240 e. The Hall–Kier alpha value is -1.44. The minimum atomic E-state index is -3.60. The van der Waals surface area contributed by atoms with Crippen LogP contribution in [-0.4, -0.2) is 62.9 Å². The van der Waals surface area contributed by atoms with Crippen molar-refractivity contribution in [2.45, 2.75) is 57.4 Å². The van der Waals surface area contributed by atoms with Crippen LogP contribution in [0.25, 0.3) is 0 Å². The number of hydrogen-bond donors (Lipinski definition) is 1. The molecule has 1 aromatic carbocycles. The Bertz CT molecular complexity index is 729. The Balaban J connectivity index is 1.84. The maximum atomic E-state index is 12.4. The van der Waals surface area contributed by atoms with Gasteiger partial charge in [-0.2, -0.15) is 0 Å². The van der Waals surface area contributed by atoms with Crippen LogP contribution in [0.1, 0.15) is 46.6 Å². The Kier molecular flexibility index (Phi) is 7.05. The van der Waals surface area contributed by atoms with Crippen LogP contribution in [0.2, 0.25) is 0 Å². The summed E-state index contributed by atoms with van der Waals surface area (Å²) in [6, 6.07) is 7.41. The van der Waals surface area contributed by atoms with Gasteiger partial charge in [0.05, 0.1) is 4.90 Å². The molecule has 0 aromatic heterocycles. The summed E-state index contributed by atoms with van der Waals surface area (Å²) in [7, 11) is -3.60. The highest BCUT2D eigenvalue weighted by molar-refractivity contribution is 7.89. The van der Waals surface area contributed by atoms with Gasteiger partial charge in [-0.15, -0.1) is 0 Å². The van der Waals surface area contributed by atoms with Crippen LogP contribution in [0, 0.1) is 0 Å². The van der Waals surface area contributed by atoms with Crippen LogP contribution < -0.4 is 4.72 Å². The molecule has 0 saturated carbocycles. The van der Waals surface area contributed by atoms with Gasteiger partial charge in [-0.25, -0.2) is 13.1 Å². The van der Waals surface area contributed by atoms with Crippen molar-refractivity contribution < 1.29 is 13.2 Å². The van der Waals surface area contributed by atoms with E-state index in [1.165, 1.54) is 0 Å². The summed E-state index contributed by atoms with van der Waals surface area (Å²) >= 11 is 0. The van der Waals surface area contributed by atoms with Gasteiger partial charge in [-0.3, -0.25) is 9.69 Å². The zero-order chi connectivity index (χ0) is 20.2. The molecule has 6 nitrogen and oxygen atoms in total. The van der Waals surface area contributed by atoms with E-state index in [0.29, 0.717) is 19.1 Å². The van der Waals surface area contributed by atoms with Crippen LogP contribution in [0.15, 0.2) is 29.2 Å². The van der Waals surface area contributed by atoms with Gasteiger partial charge >= 0.3 is 0 Å². The van der Waals surface area contributed by atoms with Crippen LogP contribution >= 0.6 is 0 Å². The molecule has 152 valence electrons. The number of sulfonamides is 1. The second-order valence-corrected chi connectivity index (χ2v) is 10.2. The highest BCUT2D eigenvalue weighted by atomic mass is 32.2. The molecule has 1 fully saturated rings. The van der Waals surface area contributed by atoms with E-state index < -0.39 is 10.0 Å². The fraction of sp³-hybridized carbons (Fsp3) is 0.650. The van der Waals surface area contributed by atoms with Gasteiger partial charge in [0.25, 0.3) is 0 Å². The van der Waals surface area contributed by atoms with Crippen LogP contribution in [-0.2, 0) is 20.2 Å². The lowest BCUT2D eigenvalue weighted by atomic mass is 9.87. The second-order valence-electron chi connectivity index (χ2n) is 8.43. The third kappa shape index (κ3) is 6.02. The van der Waals surface area contributed by atoms with Crippen molar-refractivity contribution in [3.8, 4) is 0 Å². The Labute approximate surface area is 164 Å². The monoisotopic (exact) mass is 395 g/mol. The summed E-state index contributed by atoms with van der Waals surface area (Å²) in [5, 5.41) is 0. The lowest BCUT2D eigenvalue weighted by molar-refractivity contribution is -0.133. The normalized spacial score (nSPS) is 16.7. The van der Waals surface area contributed by atoms with Crippen molar-refractivity contribution >= 4 is 15.9 Å². The van der Waals surface area contributed by atoms with Gasteiger partial charge in [-0.05, 0) is 37.0 Å². The fourth-order valence-electron chi connectivity index (χ4n) is 3.16. The van der Waals surface area contributed by atoms with Crippen molar-refractivity contribution in [2.24, 2.45) is 0 Å². The number of piperazine rings is 1. The van der Waals surface area contributed by atoms with Gasteiger partial charge in [-0.1, -0.05) is 32.9 Å². The lowest BCUT2D eigenvalue weighted by Crippen LogP contribution is -2.51. The molecule has 0 atom stereocenters. The van der Waals surface area contributed by atoms with Crippen LogP contribution in [0.3, 0.4) is 0 Å². The molecule has 0 radical (unpaired) electrons. The van der Waals surface area contributed by atoms with E-state index in [0.717, 1.165) is 18.7 Å². The van der Waals surface area contributed by atoms with Gasteiger partial charge in [0.15, 0.2) is 0 Å². The average molecular weight is 396 g/mol. The third-order valence-corrected chi connectivity index (χ3v) is 6.54. The first-order valence-electron chi connectivity index (χ1n) is 9.63. The number of rotatable bonds is 6. The van der Waals surface area contributed by atoms with Crippen molar-refractivity contribution in [1.29, 1.82) is 0 Å². The molecule has 7 heteroatoms. The van der Waals surface area contributed by atoms with Crippen LogP contribution in [0.5, 0.6) is 0 Å². The molecule has 1 N–H and O–H groups in total. The predicted octanol–water partition coefficient (Wildman–Crippen LogP) is 2.21. The Morgan fingerprint density at radius 3 is 2.11 bits per heavy atom. The molecular weight excluding hydrogens is 362 g/mol. The number of benzene rings is 1. The summed E-state index contributed by atoms with van der Waals surface area (Å²) in [5.74, 6) is 0.00388. The van der Waals surface area contributed by atoms with Crippen molar-refractivity contribution in [1.82, 2.24) is 14.5 Å². The fourth-order valence-corrected chi connectivity index (χ4v) is 4.19. The molecule has 0 unspecified atom stereocenters.